The van der Waals surface area contributed by atoms with Crippen LogP contribution in [0.15, 0.2) is 53.4 Å². The van der Waals surface area contributed by atoms with Gasteiger partial charge in [-0.25, -0.2) is 13.2 Å². The van der Waals surface area contributed by atoms with Crippen LogP contribution in [0, 0.1) is 13.8 Å². The van der Waals surface area contributed by atoms with E-state index in [-0.39, 0.29) is 22.0 Å². The zero-order chi connectivity index (χ0) is 25.6. The van der Waals surface area contributed by atoms with Crippen LogP contribution in [0.25, 0.3) is 0 Å². The first-order valence-electron chi connectivity index (χ1n) is 11.9. The van der Waals surface area contributed by atoms with Crippen LogP contribution in [0.5, 0.6) is 5.75 Å². The predicted molar refractivity (Wildman–Crippen MR) is 134 cm³/mol. The average molecular weight is 509 g/mol. The van der Waals surface area contributed by atoms with Crippen LogP contribution in [0.3, 0.4) is 0 Å². The van der Waals surface area contributed by atoms with Gasteiger partial charge in [0, 0.05) is 29.5 Å². The Morgan fingerprint density at radius 3 is 2.50 bits per heavy atom. The molecule has 0 bridgehead atoms. The van der Waals surface area contributed by atoms with Crippen molar-refractivity contribution in [1.29, 1.82) is 0 Å². The number of ketones is 1. The van der Waals surface area contributed by atoms with E-state index in [2.05, 4.69) is 4.57 Å². The molecule has 0 radical (unpaired) electrons. The number of aromatic nitrogens is 1. The summed E-state index contributed by atoms with van der Waals surface area (Å²) in [5.74, 6) is -0.963. The van der Waals surface area contributed by atoms with Crippen molar-refractivity contribution in [3.05, 3.63) is 76.6 Å². The number of carbonyl (C=O) groups is 2. The van der Waals surface area contributed by atoms with Gasteiger partial charge in [-0.1, -0.05) is 18.2 Å². The van der Waals surface area contributed by atoms with Crippen molar-refractivity contribution in [1.82, 2.24) is 4.57 Å². The monoisotopic (exact) mass is 508 g/mol. The van der Waals surface area contributed by atoms with Crippen LogP contribution in [0.2, 0.25) is 0 Å². The van der Waals surface area contributed by atoms with E-state index in [9.17, 15) is 18.0 Å². The van der Waals surface area contributed by atoms with Gasteiger partial charge in [0.15, 0.2) is 6.61 Å². The molecule has 36 heavy (non-hydrogen) atoms. The summed E-state index contributed by atoms with van der Waals surface area (Å²) >= 11 is 0. The Morgan fingerprint density at radius 1 is 1.03 bits per heavy atom. The number of fused-ring (bicyclic) bond motifs is 1. The highest BCUT2D eigenvalue weighted by Gasteiger charge is 2.32. The molecule has 0 amide bonds. The normalized spacial score (nSPS) is 15.0. The van der Waals surface area contributed by atoms with Gasteiger partial charge in [0.2, 0.25) is 5.78 Å². The molecule has 1 aliphatic heterocycles. The lowest BCUT2D eigenvalue weighted by atomic mass is 10.1. The van der Waals surface area contributed by atoms with Gasteiger partial charge < -0.3 is 14.0 Å². The largest absolute Gasteiger partial charge is 0.496 e. The molecular weight excluding hydrogens is 480 g/mol. The van der Waals surface area contributed by atoms with E-state index in [1.165, 1.54) is 29.6 Å². The van der Waals surface area contributed by atoms with Crippen LogP contribution in [-0.4, -0.2) is 45.0 Å². The smallest absolute Gasteiger partial charge is 0.342 e. The molecule has 1 aliphatic carbocycles. The lowest BCUT2D eigenvalue weighted by Gasteiger charge is -2.20. The number of benzene rings is 2. The maximum absolute atomic E-state index is 13.4. The summed E-state index contributed by atoms with van der Waals surface area (Å²) in [6.07, 6.45) is 2.81. The molecule has 2 aromatic carbocycles. The van der Waals surface area contributed by atoms with Gasteiger partial charge in [-0.2, -0.15) is 0 Å². The fourth-order valence-electron chi connectivity index (χ4n) is 4.93. The highest BCUT2D eigenvalue weighted by atomic mass is 32.2. The molecule has 9 heteroatoms. The molecule has 3 aromatic rings. The summed E-state index contributed by atoms with van der Waals surface area (Å²) in [6.45, 7) is 3.73. The summed E-state index contributed by atoms with van der Waals surface area (Å²) in [5, 5.41) is 0. The van der Waals surface area contributed by atoms with Gasteiger partial charge in [-0.3, -0.25) is 9.10 Å². The van der Waals surface area contributed by atoms with Crippen molar-refractivity contribution < 1.29 is 27.5 Å². The van der Waals surface area contributed by atoms with Crippen LogP contribution in [0.4, 0.5) is 5.69 Å². The zero-order valence-corrected chi connectivity index (χ0v) is 21.3. The molecule has 8 nitrogen and oxygen atoms in total. The first kappa shape index (κ1) is 24.1. The molecule has 0 unspecified atom stereocenters. The number of rotatable bonds is 8. The number of methoxy groups -OCH3 is 1. The minimum atomic E-state index is -3.92. The van der Waals surface area contributed by atoms with E-state index < -0.39 is 22.6 Å². The molecule has 0 spiro atoms. The van der Waals surface area contributed by atoms with E-state index >= 15 is 0 Å². The van der Waals surface area contributed by atoms with E-state index in [1.54, 1.807) is 12.1 Å². The number of carbonyl (C=O) groups excluding carboxylic acids is 2. The lowest BCUT2D eigenvalue weighted by Crippen LogP contribution is -2.29. The number of ether oxygens (including phenoxy) is 2. The fraction of sp³-hybridized carbons (Fsp3) is 0.333. The van der Waals surface area contributed by atoms with E-state index in [1.807, 2.05) is 32.0 Å². The molecule has 188 valence electrons. The summed E-state index contributed by atoms with van der Waals surface area (Å²) in [4.78, 5) is 25.8. The van der Waals surface area contributed by atoms with Crippen LogP contribution in [-0.2, 0) is 21.2 Å². The molecule has 2 heterocycles. The second-order valence-electron chi connectivity index (χ2n) is 9.20. The summed E-state index contributed by atoms with van der Waals surface area (Å²) in [7, 11) is -2.53. The van der Waals surface area contributed by atoms with Crippen molar-refractivity contribution in [3.63, 3.8) is 0 Å². The number of hydrogen-bond acceptors (Lipinski definition) is 6. The predicted octanol–water partition coefficient (Wildman–Crippen LogP) is 4.24. The summed E-state index contributed by atoms with van der Waals surface area (Å²) in [5.41, 5.74) is 3.94. The van der Waals surface area contributed by atoms with Gasteiger partial charge in [0.25, 0.3) is 10.0 Å². The summed E-state index contributed by atoms with van der Waals surface area (Å²) in [6, 6.07) is 13.7. The van der Waals surface area contributed by atoms with Gasteiger partial charge in [0.05, 0.1) is 17.7 Å². The molecular formula is C27H28N2O6S. The van der Waals surface area contributed by atoms with Crippen LogP contribution >= 0.6 is 0 Å². The SMILES string of the molecule is COc1ccc(S(=O)(=O)N2CCc3ccccc32)cc1C(=O)OCC(=O)c1cc(C)n(C2CC2)c1C. The first-order valence-corrected chi connectivity index (χ1v) is 13.3. The maximum atomic E-state index is 13.4. The first-order chi connectivity index (χ1) is 17.2. The maximum Gasteiger partial charge on any atom is 0.342 e. The molecule has 0 N–H and O–H groups in total. The Bertz CT molecular complexity index is 1470. The Balaban J connectivity index is 1.37. The van der Waals surface area contributed by atoms with Crippen molar-refractivity contribution in [3.8, 4) is 5.75 Å². The molecule has 2 aliphatic rings. The fourth-order valence-corrected chi connectivity index (χ4v) is 6.46. The number of sulfonamides is 1. The number of hydrogen-bond donors (Lipinski definition) is 0. The van der Waals surface area contributed by atoms with Crippen molar-refractivity contribution in [2.45, 2.75) is 44.0 Å². The highest BCUT2D eigenvalue weighted by Crippen LogP contribution is 2.38. The van der Waals surface area contributed by atoms with E-state index in [0.717, 1.165) is 29.8 Å². The van der Waals surface area contributed by atoms with E-state index in [4.69, 9.17) is 9.47 Å². The number of nitrogens with zero attached hydrogens (tertiary/aromatic N) is 2. The minimum absolute atomic E-state index is 0.0498. The van der Waals surface area contributed by atoms with E-state index in [0.29, 0.717) is 30.3 Å². The molecule has 1 aromatic heterocycles. The number of para-hydroxylation sites is 1. The molecule has 0 atom stereocenters. The molecule has 1 saturated carbocycles. The van der Waals surface area contributed by atoms with Crippen LogP contribution in [0.1, 0.15) is 56.6 Å². The quantitative estimate of drug-likeness (QED) is 0.334. The Labute approximate surface area is 210 Å². The standard InChI is InChI=1S/C27H28N2O6S/c1-17-14-22(18(2)29(17)20-8-9-20)25(30)16-35-27(31)23-15-21(10-11-26(23)34-3)36(32,33)28-13-12-19-6-4-5-7-24(19)28/h4-7,10-11,14-15,20H,8-9,12-13,16H2,1-3H3. The average Bonchev–Trinajstić information content (AvgIpc) is 3.52. The van der Waals surface area contributed by atoms with Gasteiger partial charge >= 0.3 is 5.97 Å². The van der Waals surface area contributed by atoms with Crippen molar-refractivity contribution >= 4 is 27.5 Å². The number of aryl methyl sites for hydroxylation is 1. The van der Waals surface area contributed by atoms with Gasteiger partial charge in [0.1, 0.15) is 11.3 Å². The third-order valence-corrected chi connectivity index (χ3v) is 8.66. The Morgan fingerprint density at radius 2 is 1.78 bits per heavy atom. The Hall–Kier alpha value is -3.59. The minimum Gasteiger partial charge on any atom is -0.496 e. The second kappa shape index (κ2) is 9.13. The number of Topliss-reactive ketones (excluding diaryl/α,β-unsaturated/α-hetero) is 1. The van der Waals surface area contributed by atoms with Gasteiger partial charge in [-0.05, 0) is 69.0 Å². The molecule has 5 rings (SSSR count). The third kappa shape index (κ3) is 4.17. The number of esters is 1. The second-order valence-corrected chi connectivity index (χ2v) is 11.1. The summed E-state index contributed by atoms with van der Waals surface area (Å²) < 4.78 is 41.0. The Kier molecular flexibility index (Phi) is 6.12. The molecule has 0 saturated heterocycles. The third-order valence-electron chi connectivity index (χ3n) is 6.85. The van der Waals surface area contributed by atoms with Crippen molar-refractivity contribution in [2.24, 2.45) is 0 Å². The topological polar surface area (TPSA) is 94.9 Å². The van der Waals surface area contributed by atoms with Crippen molar-refractivity contribution in [2.75, 3.05) is 24.6 Å². The highest BCUT2D eigenvalue weighted by molar-refractivity contribution is 7.92. The lowest BCUT2D eigenvalue weighted by molar-refractivity contribution is 0.0471. The van der Waals surface area contributed by atoms with Gasteiger partial charge in [-0.15, -0.1) is 0 Å². The number of anilines is 1. The zero-order valence-electron chi connectivity index (χ0n) is 20.5. The molecule has 1 fully saturated rings. The van der Waals surface area contributed by atoms with Crippen LogP contribution < -0.4 is 9.04 Å².